The van der Waals surface area contributed by atoms with Crippen LogP contribution in [0.5, 0.6) is 0 Å². The highest BCUT2D eigenvalue weighted by Gasteiger charge is 2.41. The van der Waals surface area contributed by atoms with Crippen molar-refractivity contribution in [3.8, 4) is 0 Å². The van der Waals surface area contributed by atoms with Gasteiger partial charge in [0.15, 0.2) is 0 Å². The molecule has 0 aliphatic heterocycles. The molecule has 0 aliphatic rings. The lowest BCUT2D eigenvalue weighted by atomic mass is 9.84. The molecule has 3 atom stereocenters. The van der Waals surface area contributed by atoms with Crippen LogP contribution in [0, 0.1) is 17.3 Å². The van der Waals surface area contributed by atoms with Crippen LogP contribution in [-0.4, -0.2) is 53.4 Å². The molecule has 1 aromatic rings. The Morgan fingerprint density at radius 2 is 1.62 bits per heavy atom. The number of nitrogens with one attached hydrogen (secondary N) is 3. The van der Waals surface area contributed by atoms with E-state index >= 15 is 0 Å². The van der Waals surface area contributed by atoms with Gasteiger partial charge < -0.3 is 20.7 Å². The molecule has 9 nitrogen and oxygen atoms in total. The summed E-state index contributed by atoms with van der Waals surface area (Å²) < 4.78 is 5.56. The average molecular weight is 477 g/mol. The molecule has 0 bridgehead atoms. The molecule has 34 heavy (non-hydrogen) atoms. The molecule has 9 heteroatoms. The van der Waals surface area contributed by atoms with Crippen molar-refractivity contribution < 1.29 is 23.9 Å². The molecule has 0 saturated heterocycles. The second kappa shape index (κ2) is 11.9. The van der Waals surface area contributed by atoms with Crippen molar-refractivity contribution in [1.29, 1.82) is 0 Å². The van der Waals surface area contributed by atoms with Crippen molar-refractivity contribution in [2.45, 2.75) is 79.5 Å². The van der Waals surface area contributed by atoms with Crippen LogP contribution in [0.1, 0.15) is 72.2 Å². The zero-order chi connectivity index (χ0) is 26.3. The van der Waals surface area contributed by atoms with Gasteiger partial charge in [-0.15, -0.1) is 0 Å². The number of pyridine rings is 1. The Kier molecular flexibility index (Phi) is 10.2. The van der Waals surface area contributed by atoms with Gasteiger partial charge in [-0.25, -0.2) is 4.79 Å². The van der Waals surface area contributed by atoms with Gasteiger partial charge in [0.1, 0.15) is 17.7 Å². The zero-order valence-electron chi connectivity index (χ0n) is 21.8. The molecular formula is C25H40N4O5. The Balaban J connectivity index is 3.39. The molecule has 0 spiro atoms. The van der Waals surface area contributed by atoms with Crippen molar-refractivity contribution in [2.24, 2.45) is 17.3 Å². The summed E-state index contributed by atoms with van der Waals surface area (Å²) in [5.41, 5.74) is -1.17. The number of carbonyl (C=O) groups is 4. The van der Waals surface area contributed by atoms with Crippen molar-refractivity contribution in [1.82, 2.24) is 20.9 Å². The van der Waals surface area contributed by atoms with Gasteiger partial charge in [-0.3, -0.25) is 19.4 Å². The van der Waals surface area contributed by atoms with Gasteiger partial charge in [0, 0.05) is 19.4 Å². The number of nitrogens with zero attached hydrogens (tertiary/aromatic N) is 1. The molecule has 0 aliphatic carbocycles. The summed E-state index contributed by atoms with van der Waals surface area (Å²) in [7, 11) is 1.50. The Bertz CT molecular complexity index is 856. The zero-order valence-corrected chi connectivity index (χ0v) is 21.8. The molecule has 3 N–H and O–H groups in total. The predicted molar refractivity (Wildman–Crippen MR) is 130 cm³/mol. The molecule has 0 fully saturated rings. The maximum absolute atomic E-state index is 13.5. The van der Waals surface area contributed by atoms with E-state index in [1.54, 1.807) is 32.9 Å². The van der Waals surface area contributed by atoms with Crippen LogP contribution in [0.15, 0.2) is 24.5 Å². The highest BCUT2D eigenvalue weighted by Crippen LogP contribution is 2.24. The minimum Gasteiger partial charge on any atom is -0.458 e. The first-order valence-electron chi connectivity index (χ1n) is 11.5. The first-order valence-corrected chi connectivity index (χ1v) is 11.5. The van der Waals surface area contributed by atoms with Crippen molar-refractivity contribution in [2.75, 3.05) is 7.05 Å². The number of esters is 1. The summed E-state index contributed by atoms with van der Waals surface area (Å²) >= 11 is 0. The third kappa shape index (κ3) is 9.11. The van der Waals surface area contributed by atoms with Crippen molar-refractivity contribution >= 4 is 23.7 Å². The van der Waals surface area contributed by atoms with E-state index < -0.39 is 46.8 Å². The van der Waals surface area contributed by atoms with Gasteiger partial charge in [0.2, 0.25) is 11.8 Å². The first kappa shape index (κ1) is 29.1. The molecular weight excluding hydrogens is 436 g/mol. The van der Waals surface area contributed by atoms with E-state index in [-0.39, 0.29) is 23.8 Å². The standard InChI is InChI=1S/C25H40N4O5/c1-15(2)13-17(21(31)29-19(22(32)26-9)24(3,4)5)18(23(33)34-25(6,7)8)28-20(30)16-11-10-12-27-14-16/h10-12,14-15,17-19H,13H2,1-9H3,(H,26,32)(H,28,30)(H,29,31)/t17-,18+,19-/m1/s1. The number of hydrogen-bond donors (Lipinski definition) is 3. The maximum Gasteiger partial charge on any atom is 0.330 e. The predicted octanol–water partition coefficient (Wildman–Crippen LogP) is 2.46. The fraction of sp³-hybridized carbons (Fsp3) is 0.640. The quantitative estimate of drug-likeness (QED) is 0.470. The molecule has 1 heterocycles. The van der Waals surface area contributed by atoms with E-state index in [1.807, 2.05) is 34.6 Å². The average Bonchev–Trinajstić information content (AvgIpc) is 2.71. The van der Waals surface area contributed by atoms with Crippen LogP contribution >= 0.6 is 0 Å². The van der Waals surface area contributed by atoms with Gasteiger partial charge >= 0.3 is 5.97 Å². The summed E-state index contributed by atoms with van der Waals surface area (Å²) in [4.78, 5) is 56.1. The lowest BCUT2D eigenvalue weighted by Gasteiger charge is -2.34. The van der Waals surface area contributed by atoms with Crippen molar-refractivity contribution in [3.05, 3.63) is 30.1 Å². The summed E-state index contributed by atoms with van der Waals surface area (Å²) in [6.07, 6.45) is 3.19. The van der Waals surface area contributed by atoms with E-state index in [2.05, 4.69) is 20.9 Å². The lowest BCUT2D eigenvalue weighted by molar-refractivity contribution is -0.160. The second-order valence-electron chi connectivity index (χ2n) is 10.9. The fourth-order valence-electron chi connectivity index (χ4n) is 3.38. The van der Waals surface area contributed by atoms with Crippen LogP contribution in [0.2, 0.25) is 0 Å². The van der Waals surface area contributed by atoms with Crippen molar-refractivity contribution in [3.63, 3.8) is 0 Å². The van der Waals surface area contributed by atoms with Gasteiger partial charge in [-0.1, -0.05) is 34.6 Å². The minimum atomic E-state index is -1.26. The monoisotopic (exact) mass is 476 g/mol. The highest BCUT2D eigenvalue weighted by molar-refractivity contribution is 5.98. The van der Waals surface area contributed by atoms with E-state index in [0.29, 0.717) is 0 Å². The molecule has 0 saturated carbocycles. The summed E-state index contributed by atoms with van der Waals surface area (Å²) in [6, 6.07) is 1.06. The second-order valence-corrected chi connectivity index (χ2v) is 10.9. The molecule has 0 radical (unpaired) electrons. The number of rotatable bonds is 9. The van der Waals surface area contributed by atoms with E-state index in [4.69, 9.17) is 4.74 Å². The van der Waals surface area contributed by atoms with E-state index in [0.717, 1.165) is 0 Å². The number of hydrogen-bond acceptors (Lipinski definition) is 6. The smallest absolute Gasteiger partial charge is 0.330 e. The highest BCUT2D eigenvalue weighted by atomic mass is 16.6. The van der Waals surface area contributed by atoms with Gasteiger partial charge in [0.25, 0.3) is 5.91 Å². The Morgan fingerprint density at radius 1 is 1.00 bits per heavy atom. The number of likely N-dealkylation sites (N-methyl/N-ethyl adjacent to an activating group) is 1. The topological polar surface area (TPSA) is 126 Å². The Labute approximate surface area is 202 Å². The molecule has 1 aromatic heterocycles. The summed E-state index contributed by atoms with van der Waals surface area (Å²) in [5, 5.41) is 8.06. The molecule has 0 unspecified atom stereocenters. The molecule has 0 aromatic carbocycles. The minimum absolute atomic E-state index is 0.0177. The van der Waals surface area contributed by atoms with Crippen LogP contribution < -0.4 is 16.0 Å². The Hall–Kier alpha value is -2.97. The number of carbonyl (C=O) groups excluding carboxylic acids is 4. The first-order chi connectivity index (χ1) is 15.6. The van der Waals surface area contributed by atoms with Gasteiger partial charge in [-0.05, 0) is 50.7 Å². The summed E-state index contributed by atoms with van der Waals surface area (Å²) in [5.74, 6) is -3.09. The van der Waals surface area contributed by atoms with Crippen LogP contribution in [0.4, 0.5) is 0 Å². The summed E-state index contributed by atoms with van der Waals surface area (Å²) in [6.45, 7) is 14.5. The number of amides is 3. The van der Waals surface area contributed by atoms with E-state index in [1.165, 1.54) is 19.4 Å². The van der Waals surface area contributed by atoms with Crippen LogP contribution in [0.3, 0.4) is 0 Å². The van der Waals surface area contributed by atoms with E-state index in [9.17, 15) is 19.2 Å². The molecule has 190 valence electrons. The third-order valence-electron chi connectivity index (χ3n) is 5.00. The lowest BCUT2D eigenvalue weighted by Crippen LogP contribution is -2.58. The number of ether oxygens (including phenoxy) is 1. The van der Waals surface area contributed by atoms with Crippen LogP contribution in [-0.2, 0) is 19.1 Å². The third-order valence-corrected chi connectivity index (χ3v) is 5.00. The van der Waals surface area contributed by atoms with Crippen LogP contribution in [0.25, 0.3) is 0 Å². The van der Waals surface area contributed by atoms with Gasteiger partial charge in [0.05, 0.1) is 11.5 Å². The Morgan fingerprint density at radius 3 is 2.06 bits per heavy atom. The van der Waals surface area contributed by atoms with Gasteiger partial charge in [-0.2, -0.15) is 0 Å². The fourth-order valence-corrected chi connectivity index (χ4v) is 3.38. The number of aromatic nitrogens is 1. The largest absolute Gasteiger partial charge is 0.458 e. The molecule has 1 rings (SSSR count). The maximum atomic E-state index is 13.5. The molecule has 3 amide bonds. The normalized spacial score (nSPS) is 14.5. The SMILES string of the molecule is CNC(=O)[C@@H](NC(=O)[C@H](CC(C)C)[C@H](NC(=O)c1cccnc1)C(=O)OC(C)(C)C)C(C)(C)C.